The van der Waals surface area contributed by atoms with E-state index in [2.05, 4.69) is 30.1 Å². The highest BCUT2D eigenvalue weighted by Gasteiger charge is 2.70. The molecule has 3 fully saturated rings. The molecule has 0 atom stereocenters. The van der Waals surface area contributed by atoms with Gasteiger partial charge < -0.3 is 15.8 Å². The lowest BCUT2D eigenvalue weighted by atomic mass is 9.44. The first-order valence-electron chi connectivity index (χ1n) is 10.7. The fourth-order valence-electron chi connectivity index (χ4n) is 4.81. The maximum Gasteiger partial charge on any atom is 0.407 e. The first-order chi connectivity index (χ1) is 16.1. The van der Waals surface area contributed by atoms with Gasteiger partial charge in [0.05, 0.1) is 23.4 Å². The van der Waals surface area contributed by atoms with Crippen LogP contribution in [0.3, 0.4) is 0 Å². The fourth-order valence-corrected chi connectivity index (χ4v) is 6.23. The van der Waals surface area contributed by atoms with Crippen molar-refractivity contribution < 1.29 is 17.9 Å². The third-order valence-corrected chi connectivity index (χ3v) is 7.81. The van der Waals surface area contributed by atoms with E-state index in [-0.39, 0.29) is 22.9 Å². The summed E-state index contributed by atoms with van der Waals surface area (Å²) in [6.45, 7) is 3.88. The zero-order chi connectivity index (χ0) is 24.1. The van der Waals surface area contributed by atoms with E-state index in [0.717, 1.165) is 5.56 Å². The molecule has 0 saturated heterocycles. The molecule has 0 radical (unpaired) electrons. The van der Waals surface area contributed by atoms with Crippen molar-refractivity contribution in [3.05, 3.63) is 42.6 Å². The number of anilines is 1. The van der Waals surface area contributed by atoms with Crippen molar-refractivity contribution in [3.63, 3.8) is 0 Å². The van der Waals surface area contributed by atoms with Gasteiger partial charge in [0.25, 0.3) is 0 Å². The normalized spacial score (nSPS) is 23.0. The van der Waals surface area contributed by atoms with Crippen molar-refractivity contribution >= 4 is 21.9 Å². The first-order valence-corrected chi connectivity index (χ1v) is 12.2. The molecule has 13 heteroatoms. The summed E-state index contributed by atoms with van der Waals surface area (Å²) in [4.78, 5) is 24.5. The third kappa shape index (κ3) is 3.76. The second-order valence-electron chi connectivity index (χ2n) is 8.82. The van der Waals surface area contributed by atoms with E-state index in [0.29, 0.717) is 36.3 Å². The van der Waals surface area contributed by atoms with Crippen LogP contribution in [0.5, 0.6) is 0 Å². The summed E-state index contributed by atoms with van der Waals surface area (Å²) >= 11 is 0. The molecule has 1 aromatic carbocycles. The molecule has 0 aliphatic heterocycles. The molecule has 2 bridgehead atoms. The van der Waals surface area contributed by atoms with Gasteiger partial charge in [0.15, 0.2) is 11.6 Å². The van der Waals surface area contributed by atoms with Crippen molar-refractivity contribution in [2.45, 2.75) is 49.1 Å². The second kappa shape index (κ2) is 7.74. The van der Waals surface area contributed by atoms with Gasteiger partial charge in [-0.05, 0) is 50.8 Å². The Morgan fingerprint density at radius 3 is 2.71 bits per heavy atom. The zero-order valence-corrected chi connectivity index (χ0v) is 19.5. The molecule has 2 heterocycles. The van der Waals surface area contributed by atoms with E-state index in [4.69, 9.17) is 10.5 Å². The number of nitrogens with two attached hydrogens (primary N) is 1. The summed E-state index contributed by atoms with van der Waals surface area (Å²) in [6.07, 6.45) is 5.42. The number of aryl methyl sites for hydroxylation is 1. The number of nitrogens with one attached hydrogen (secondary N) is 2. The van der Waals surface area contributed by atoms with Crippen molar-refractivity contribution in [2.75, 3.05) is 12.3 Å². The van der Waals surface area contributed by atoms with Crippen molar-refractivity contribution in [2.24, 2.45) is 0 Å². The Balaban J connectivity index is 1.37. The van der Waals surface area contributed by atoms with Crippen LogP contribution in [-0.2, 0) is 14.8 Å². The number of nitrogens with zero attached hydrogens (tertiary/aromatic N) is 5. The highest BCUT2D eigenvalue weighted by atomic mass is 32.2. The smallest absolute Gasteiger partial charge is 0.407 e. The molecule has 6 rings (SSSR count). The molecule has 0 unspecified atom stereocenters. The molecule has 3 aromatic rings. The molecule has 2 aromatic heterocycles. The minimum absolute atomic E-state index is 0.117. The lowest BCUT2D eigenvalue weighted by molar-refractivity contribution is -0.0857. The molecular weight excluding hydrogens is 460 g/mol. The number of carbonyl (C=O) groups is 1. The van der Waals surface area contributed by atoms with E-state index in [1.165, 1.54) is 23.5 Å². The van der Waals surface area contributed by atoms with Gasteiger partial charge in [-0.15, -0.1) is 0 Å². The molecule has 12 nitrogen and oxygen atoms in total. The van der Waals surface area contributed by atoms with E-state index in [9.17, 15) is 13.2 Å². The van der Waals surface area contributed by atoms with Crippen LogP contribution in [0.1, 0.15) is 31.7 Å². The summed E-state index contributed by atoms with van der Waals surface area (Å²) < 4.78 is 35.5. The summed E-state index contributed by atoms with van der Waals surface area (Å²) in [7, 11) is -3.81. The highest BCUT2D eigenvalue weighted by Crippen LogP contribution is 2.60. The van der Waals surface area contributed by atoms with E-state index < -0.39 is 21.7 Å². The van der Waals surface area contributed by atoms with Gasteiger partial charge in [-0.25, -0.2) is 32.9 Å². The number of hydrogen-bond acceptors (Lipinski definition) is 9. The summed E-state index contributed by atoms with van der Waals surface area (Å²) in [5, 5.41) is 6.88. The molecule has 3 saturated carbocycles. The number of aromatic nitrogens is 5. The van der Waals surface area contributed by atoms with Crippen LogP contribution in [0, 0.1) is 6.92 Å². The summed E-state index contributed by atoms with van der Waals surface area (Å²) in [6, 6.07) is 4.85. The third-order valence-electron chi connectivity index (χ3n) is 6.24. The van der Waals surface area contributed by atoms with Crippen molar-refractivity contribution in [1.82, 2.24) is 34.8 Å². The van der Waals surface area contributed by atoms with E-state index >= 15 is 0 Å². The highest BCUT2D eigenvalue weighted by molar-refractivity contribution is 7.89. The molecule has 3 aliphatic carbocycles. The predicted octanol–water partition coefficient (Wildman–Crippen LogP) is 1.31. The Morgan fingerprint density at radius 1 is 1.26 bits per heavy atom. The van der Waals surface area contributed by atoms with Crippen LogP contribution < -0.4 is 15.8 Å². The Hall–Kier alpha value is -3.58. The molecule has 0 spiro atoms. The standard InChI is InChI=1S/C21H24N8O4S/c1-3-33-19(30)27-20-8-21(9-20,10-20)28-34(31,32)14-5-4-13(2)15(6-14)16-7-24-17(22)18(26-16)29-12-23-11-25-29/h4-7,11-12,28H,3,8-10H2,1-2H3,(H2,22,24)(H,27,30). The number of rotatable bonds is 7. The van der Waals surface area contributed by atoms with Crippen LogP contribution in [0.15, 0.2) is 41.9 Å². The van der Waals surface area contributed by atoms with Crippen molar-refractivity contribution in [3.8, 4) is 17.1 Å². The zero-order valence-electron chi connectivity index (χ0n) is 18.6. The number of carbonyl (C=O) groups excluding carboxylic acids is 1. The lowest BCUT2D eigenvalue weighted by Crippen LogP contribution is -2.83. The molecule has 3 aliphatic rings. The number of benzene rings is 1. The summed E-state index contributed by atoms with van der Waals surface area (Å²) in [5.74, 6) is 0.473. The van der Waals surface area contributed by atoms with Crippen LogP contribution in [-0.4, -0.2) is 56.9 Å². The topological polar surface area (TPSA) is 167 Å². The number of nitrogen functional groups attached to an aromatic ring is 1. The van der Waals surface area contributed by atoms with Crippen molar-refractivity contribution in [1.29, 1.82) is 0 Å². The molecule has 34 heavy (non-hydrogen) atoms. The Bertz CT molecular complexity index is 1350. The monoisotopic (exact) mass is 484 g/mol. The van der Waals surface area contributed by atoms with Gasteiger partial charge >= 0.3 is 6.09 Å². The van der Waals surface area contributed by atoms with E-state index in [1.807, 2.05) is 6.92 Å². The molecular formula is C21H24N8O4S. The second-order valence-corrected chi connectivity index (χ2v) is 10.5. The van der Waals surface area contributed by atoms with Crippen LogP contribution >= 0.6 is 0 Å². The van der Waals surface area contributed by atoms with Gasteiger partial charge in [-0.3, -0.25) is 0 Å². The average Bonchev–Trinajstić information content (AvgIpc) is 3.27. The van der Waals surface area contributed by atoms with Crippen LogP contribution in [0.25, 0.3) is 17.1 Å². The fraction of sp³-hybridized carbons (Fsp3) is 0.381. The van der Waals surface area contributed by atoms with Gasteiger partial charge in [-0.2, -0.15) is 9.78 Å². The van der Waals surface area contributed by atoms with Gasteiger partial charge in [0.2, 0.25) is 10.0 Å². The molecule has 1 amide bonds. The SMILES string of the molecule is CCOC(=O)NC12CC(NS(=O)(=O)c3ccc(C)c(-c4cnc(N)c(-n5cncn5)n4)c3)(C1)C2. The Kier molecular flexibility index (Phi) is 5.06. The molecule has 4 N–H and O–H groups in total. The average molecular weight is 485 g/mol. The minimum Gasteiger partial charge on any atom is -0.450 e. The van der Waals surface area contributed by atoms with Gasteiger partial charge in [0.1, 0.15) is 12.7 Å². The van der Waals surface area contributed by atoms with Crippen LogP contribution in [0.2, 0.25) is 0 Å². The lowest BCUT2D eigenvalue weighted by Gasteiger charge is -2.69. The quantitative estimate of drug-likeness (QED) is 0.448. The minimum atomic E-state index is -3.81. The van der Waals surface area contributed by atoms with Gasteiger partial charge in [-0.1, -0.05) is 6.07 Å². The van der Waals surface area contributed by atoms with Crippen LogP contribution in [0.4, 0.5) is 10.6 Å². The van der Waals surface area contributed by atoms with Gasteiger partial charge in [0, 0.05) is 16.6 Å². The predicted molar refractivity (Wildman–Crippen MR) is 121 cm³/mol. The number of hydrogen-bond donors (Lipinski definition) is 3. The maximum absolute atomic E-state index is 13.2. The number of sulfonamides is 1. The first kappa shape index (κ1) is 22.2. The largest absolute Gasteiger partial charge is 0.450 e. The Labute approximate surface area is 196 Å². The maximum atomic E-state index is 13.2. The number of ether oxygens (including phenoxy) is 1. The molecule has 178 valence electrons. The number of alkyl carbamates (subject to hydrolysis) is 1. The number of amides is 1. The Morgan fingerprint density at radius 2 is 2.03 bits per heavy atom. The summed E-state index contributed by atoms with van der Waals surface area (Å²) in [5.41, 5.74) is 6.90. The van der Waals surface area contributed by atoms with E-state index in [1.54, 1.807) is 25.1 Å².